The van der Waals surface area contributed by atoms with E-state index in [1.165, 1.54) is 22.7 Å². The molecule has 1 aliphatic rings. The molecule has 0 saturated heterocycles. The van der Waals surface area contributed by atoms with Gasteiger partial charge < -0.3 is 19.1 Å². The fourth-order valence-electron chi connectivity index (χ4n) is 3.78. The van der Waals surface area contributed by atoms with Crippen molar-refractivity contribution in [2.75, 3.05) is 19.8 Å². The zero-order chi connectivity index (χ0) is 27.4. The van der Waals surface area contributed by atoms with E-state index in [-0.39, 0.29) is 24.4 Å². The molecule has 0 radical (unpaired) electrons. The predicted octanol–water partition coefficient (Wildman–Crippen LogP) is 5.97. The van der Waals surface area contributed by atoms with Gasteiger partial charge in [-0.15, -0.1) is 22.7 Å². The van der Waals surface area contributed by atoms with E-state index in [2.05, 4.69) is 4.98 Å². The van der Waals surface area contributed by atoms with Crippen molar-refractivity contribution < 1.29 is 28.6 Å². The lowest BCUT2D eigenvalue weighted by atomic mass is 10.1. The molecule has 4 rings (SSSR count). The normalized spacial score (nSPS) is 13.3. The van der Waals surface area contributed by atoms with Crippen molar-refractivity contribution >= 4 is 40.5 Å². The van der Waals surface area contributed by atoms with Crippen molar-refractivity contribution in [3.63, 3.8) is 0 Å². The number of benzene rings is 1. The van der Waals surface area contributed by atoms with Crippen LogP contribution >= 0.6 is 22.7 Å². The monoisotopic (exact) mass is 556 g/mol. The van der Waals surface area contributed by atoms with Crippen molar-refractivity contribution in [2.24, 2.45) is 5.92 Å². The average Bonchev–Trinajstić information content (AvgIpc) is 3.52. The number of rotatable bonds is 8. The Hall–Kier alpha value is -3.24. The van der Waals surface area contributed by atoms with Crippen LogP contribution in [0.4, 0.5) is 4.79 Å². The highest BCUT2D eigenvalue weighted by Gasteiger charge is 2.26. The molecule has 0 N–H and O–H groups in total. The van der Waals surface area contributed by atoms with Crippen LogP contribution in [0.15, 0.2) is 35.7 Å². The molecule has 0 atom stereocenters. The number of aromatic nitrogens is 1. The first-order valence-corrected chi connectivity index (χ1v) is 14.2. The molecule has 0 aliphatic carbocycles. The molecule has 3 heterocycles. The van der Waals surface area contributed by atoms with E-state index in [1.807, 2.05) is 37.4 Å². The maximum atomic E-state index is 13.2. The van der Waals surface area contributed by atoms with Gasteiger partial charge in [-0.25, -0.2) is 14.6 Å². The van der Waals surface area contributed by atoms with Crippen LogP contribution in [0, 0.1) is 5.92 Å². The highest BCUT2D eigenvalue weighted by Crippen LogP contribution is 2.32. The van der Waals surface area contributed by atoms with Crippen LogP contribution in [-0.4, -0.2) is 53.1 Å². The predicted molar refractivity (Wildman–Crippen MR) is 147 cm³/mol. The number of thiophene rings is 1. The summed E-state index contributed by atoms with van der Waals surface area (Å²) >= 11 is 2.77. The summed E-state index contributed by atoms with van der Waals surface area (Å²) < 4.78 is 16.1. The van der Waals surface area contributed by atoms with Crippen molar-refractivity contribution in [1.82, 2.24) is 9.88 Å². The molecule has 3 aromatic rings. The second-order valence-corrected chi connectivity index (χ2v) is 12.5. The lowest BCUT2D eigenvalue weighted by molar-refractivity contribution is -0.157. The van der Waals surface area contributed by atoms with E-state index in [1.54, 1.807) is 37.8 Å². The summed E-state index contributed by atoms with van der Waals surface area (Å²) in [5.41, 5.74) is 1.96. The van der Waals surface area contributed by atoms with E-state index in [0.29, 0.717) is 47.4 Å². The van der Waals surface area contributed by atoms with Gasteiger partial charge in [-0.1, -0.05) is 13.8 Å². The Morgan fingerprint density at radius 1 is 1.13 bits per heavy atom. The van der Waals surface area contributed by atoms with Crippen molar-refractivity contribution in [2.45, 2.75) is 53.2 Å². The first-order valence-electron chi connectivity index (χ1n) is 12.5. The van der Waals surface area contributed by atoms with Gasteiger partial charge in [0, 0.05) is 22.4 Å². The molecular weight excluding hydrogens is 524 g/mol. The van der Waals surface area contributed by atoms with Crippen LogP contribution < -0.4 is 4.74 Å². The number of thiazole rings is 1. The Balaban J connectivity index is 1.37. The standard InChI is InChI=1S/C28H32N2O6S2/c1-17(2)14-35-27(33)30-11-10-22-19(13-30)12-23(38-22)25(32)26-29-21(16-37-26)18-6-8-20(9-7-18)34-15-24(31)36-28(3,4)5/h6-9,12,16-17H,10-11,13-15H2,1-5H3. The number of carbonyl (C=O) groups excluding carboxylic acids is 3. The van der Waals surface area contributed by atoms with Gasteiger partial charge >= 0.3 is 12.1 Å². The Morgan fingerprint density at radius 2 is 1.87 bits per heavy atom. The molecule has 0 spiro atoms. The first-order chi connectivity index (χ1) is 18.0. The summed E-state index contributed by atoms with van der Waals surface area (Å²) in [6.07, 6.45) is 0.393. The second-order valence-electron chi connectivity index (χ2n) is 10.5. The third-order valence-corrected chi connectivity index (χ3v) is 7.59. The number of ketones is 1. The minimum Gasteiger partial charge on any atom is -0.482 e. The van der Waals surface area contributed by atoms with Crippen LogP contribution in [0.5, 0.6) is 5.75 Å². The van der Waals surface area contributed by atoms with E-state index < -0.39 is 11.6 Å². The van der Waals surface area contributed by atoms with Gasteiger partial charge in [0.15, 0.2) is 11.6 Å². The van der Waals surface area contributed by atoms with Gasteiger partial charge in [0.1, 0.15) is 11.4 Å². The topological polar surface area (TPSA) is 95.0 Å². The lowest BCUT2D eigenvalue weighted by Crippen LogP contribution is -2.36. The summed E-state index contributed by atoms with van der Waals surface area (Å²) in [4.78, 5) is 45.4. The van der Waals surface area contributed by atoms with E-state index >= 15 is 0 Å². The quantitative estimate of drug-likeness (QED) is 0.249. The summed E-state index contributed by atoms with van der Waals surface area (Å²) in [5.74, 6) is 0.269. The Morgan fingerprint density at radius 3 is 2.55 bits per heavy atom. The van der Waals surface area contributed by atoms with Crippen LogP contribution in [0.2, 0.25) is 0 Å². The Kier molecular flexibility index (Phi) is 8.52. The molecule has 202 valence electrons. The van der Waals surface area contributed by atoms with Crippen molar-refractivity contribution in [3.05, 3.63) is 56.0 Å². The van der Waals surface area contributed by atoms with Crippen LogP contribution in [0.1, 0.15) is 59.7 Å². The molecule has 1 aliphatic heterocycles. The largest absolute Gasteiger partial charge is 0.482 e. The van der Waals surface area contributed by atoms with Crippen LogP contribution in [0.25, 0.3) is 11.3 Å². The fourth-order valence-corrected chi connectivity index (χ4v) is 5.73. The molecule has 38 heavy (non-hydrogen) atoms. The van der Waals surface area contributed by atoms with E-state index in [9.17, 15) is 14.4 Å². The third-order valence-electron chi connectivity index (χ3n) is 5.51. The van der Waals surface area contributed by atoms with Gasteiger partial charge in [0.2, 0.25) is 5.78 Å². The molecule has 8 nitrogen and oxygen atoms in total. The highest BCUT2D eigenvalue weighted by atomic mass is 32.1. The summed E-state index contributed by atoms with van der Waals surface area (Å²) in [6.45, 7) is 10.7. The van der Waals surface area contributed by atoms with E-state index in [0.717, 1.165) is 16.0 Å². The number of hydrogen-bond acceptors (Lipinski definition) is 9. The summed E-state index contributed by atoms with van der Waals surface area (Å²) in [6, 6.07) is 9.06. The Bertz CT molecular complexity index is 1300. The Labute approximate surface area is 230 Å². The average molecular weight is 557 g/mol. The molecule has 1 aromatic carbocycles. The highest BCUT2D eigenvalue weighted by molar-refractivity contribution is 7.16. The molecule has 0 bridgehead atoms. The number of hydrogen-bond donors (Lipinski definition) is 0. The molecule has 2 aromatic heterocycles. The second kappa shape index (κ2) is 11.7. The molecule has 0 saturated carbocycles. The van der Waals surface area contributed by atoms with Gasteiger partial charge in [-0.05, 0) is 69.0 Å². The van der Waals surface area contributed by atoms with E-state index in [4.69, 9.17) is 14.2 Å². The molecule has 0 fully saturated rings. The zero-order valence-electron chi connectivity index (χ0n) is 22.2. The minimum atomic E-state index is -0.561. The number of nitrogens with zero attached hydrogens (tertiary/aromatic N) is 2. The smallest absolute Gasteiger partial charge is 0.410 e. The zero-order valence-corrected chi connectivity index (χ0v) is 23.9. The summed E-state index contributed by atoms with van der Waals surface area (Å²) in [5, 5.41) is 2.26. The van der Waals surface area contributed by atoms with Crippen molar-refractivity contribution in [1.29, 1.82) is 0 Å². The van der Waals surface area contributed by atoms with Gasteiger partial charge in [0.25, 0.3) is 0 Å². The third kappa shape index (κ3) is 7.20. The number of amides is 1. The molecule has 1 amide bonds. The van der Waals surface area contributed by atoms with Gasteiger partial charge in [-0.3, -0.25) is 4.79 Å². The fraction of sp³-hybridized carbons (Fsp3) is 0.429. The summed E-state index contributed by atoms with van der Waals surface area (Å²) in [7, 11) is 0. The van der Waals surface area contributed by atoms with Crippen molar-refractivity contribution in [3.8, 4) is 17.0 Å². The molecular formula is C28H32N2O6S2. The van der Waals surface area contributed by atoms with Gasteiger partial charge in [-0.2, -0.15) is 0 Å². The number of ether oxygens (including phenoxy) is 3. The molecule has 0 unspecified atom stereocenters. The lowest BCUT2D eigenvalue weighted by Gasteiger charge is -2.26. The maximum Gasteiger partial charge on any atom is 0.410 e. The number of esters is 1. The maximum absolute atomic E-state index is 13.2. The number of fused-ring (bicyclic) bond motifs is 1. The first kappa shape index (κ1) is 27.8. The SMILES string of the molecule is CC(C)COC(=O)N1CCc2sc(C(=O)c3nc(-c4ccc(OCC(=O)OC(C)(C)C)cc4)cs3)cc2C1. The number of carbonyl (C=O) groups is 3. The van der Waals surface area contributed by atoms with Crippen LogP contribution in [-0.2, 0) is 27.2 Å². The minimum absolute atomic E-state index is 0.119. The van der Waals surface area contributed by atoms with Gasteiger partial charge in [0.05, 0.1) is 23.7 Å². The van der Waals surface area contributed by atoms with Crippen LogP contribution in [0.3, 0.4) is 0 Å². The molecule has 10 heteroatoms.